The number of thioether (sulfide) groups is 1. The number of rotatable bonds is 5. The molecule has 0 aliphatic rings. The number of hydrogen-bond acceptors (Lipinski definition) is 2. The first kappa shape index (κ1) is 14.0. The van der Waals surface area contributed by atoms with Crippen molar-refractivity contribution in [1.29, 1.82) is 0 Å². The minimum absolute atomic E-state index is 0.478. The summed E-state index contributed by atoms with van der Waals surface area (Å²) in [5.41, 5.74) is 0.972. The van der Waals surface area contributed by atoms with E-state index in [2.05, 4.69) is 0 Å². The van der Waals surface area contributed by atoms with Crippen LogP contribution in [0.3, 0.4) is 0 Å². The molecule has 4 heteroatoms. The Hall–Kier alpha value is -1.45. The third kappa shape index (κ3) is 4.30. The van der Waals surface area contributed by atoms with Gasteiger partial charge < -0.3 is 5.11 Å². The van der Waals surface area contributed by atoms with Crippen molar-refractivity contribution in [2.45, 2.75) is 16.6 Å². The molecule has 2 nitrogen and oxygen atoms in total. The quantitative estimate of drug-likeness (QED) is 0.842. The predicted octanol–water partition coefficient (Wildman–Crippen LogP) is 4.13. The molecule has 0 aromatic heterocycles. The van der Waals surface area contributed by atoms with E-state index in [1.807, 2.05) is 42.5 Å². The molecule has 1 atom stereocenters. The first-order valence-electron chi connectivity index (χ1n) is 5.84. The summed E-state index contributed by atoms with van der Waals surface area (Å²) in [6.45, 7) is 0. The number of carboxylic acid groups (broad SMARTS) is 1. The van der Waals surface area contributed by atoms with Gasteiger partial charge in [-0.3, -0.25) is 4.79 Å². The summed E-state index contributed by atoms with van der Waals surface area (Å²) in [7, 11) is 0. The van der Waals surface area contributed by atoms with Gasteiger partial charge in [-0.05, 0) is 36.2 Å². The third-order valence-electron chi connectivity index (χ3n) is 2.63. The first-order chi connectivity index (χ1) is 9.15. The van der Waals surface area contributed by atoms with Gasteiger partial charge in [0.2, 0.25) is 0 Å². The fourth-order valence-corrected chi connectivity index (χ4v) is 2.82. The molecule has 0 amide bonds. The van der Waals surface area contributed by atoms with Crippen LogP contribution in [0.2, 0.25) is 5.02 Å². The van der Waals surface area contributed by atoms with Gasteiger partial charge in [0.15, 0.2) is 0 Å². The normalized spacial score (nSPS) is 12.1. The molecular weight excluding hydrogens is 280 g/mol. The van der Waals surface area contributed by atoms with E-state index in [0.717, 1.165) is 10.5 Å². The molecular formula is C15H13ClO2S. The van der Waals surface area contributed by atoms with Crippen LogP contribution in [0.5, 0.6) is 0 Å². The van der Waals surface area contributed by atoms with E-state index < -0.39 is 11.2 Å². The summed E-state index contributed by atoms with van der Waals surface area (Å²) in [6, 6.07) is 16.9. The van der Waals surface area contributed by atoms with Crippen LogP contribution in [0.1, 0.15) is 5.56 Å². The molecule has 2 aromatic carbocycles. The highest BCUT2D eigenvalue weighted by Gasteiger charge is 2.19. The zero-order chi connectivity index (χ0) is 13.7. The molecule has 0 saturated carbocycles. The van der Waals surface area contributed by atoms with Gasteiger partial charge >= 0.3 is 5.97 Å². The van der Waals surface area contributed by atoms with Crippen LogP contribution in [-0.4, -0.2) is 16.3 Å². The van der Waals surface area contributed by atoms with Crippen LogP contribution in [0.4, 0.5) is 0 Å². The lowest BCUT2D eigenvalue weighted by Gasteiger charge is -2.12. The van der Waals surface area contributed by atoms with Crippen molar-refractivity contribution in [3.05, 3.63) is 65.2 Å². The third-order valence-corrected chi connectivity index (χ3v) is 4.08. The molecule has 98 valence electrons. The summed E-state index contributed by atoms with van der Waals surface area (Å²) in [5, 5.41) is 9.47. The van der Waals surface area contributed by atoms with Gasteiger partial charge in [0.05, 0.1) is 0 Å². The number of hydrogen-bond donors (Lipinski definition) is 1. The molecule has 1 N–H and O–H groups in total. The van der Waals surface area contributed by atoms with Gasteiger partial charge in [-0.2, -0.15) is 0 Å². The zero-order valence-corrected chi connectivity index (χ0v) is 11.7. The smallest absolute Gasteiger partial charge is 0.317 e. The Bertz CT molecular complexity index is 540. The Morgan fingerprint density at radius 1 is 1.11 bits per heavy atom. The summed E-state index contributed by atoms with van der Waals surface area (Å²) < 4.78 is 0. The summed E-state index contributed by atoms with van der Waals surface area (Å²) in [5.74, 6) is -0.802. The minimum Gasteiger partial charge on any atom is -0.480 e. The van der Waals surface area contributed by atoms with Crippen molar-refractivity contribution in [3.8, 4) is 0 Å². The van der Waals surface area contributed by atoms with Gasteiger partial charge in [-0.1, -0.05) is 41.9 Å². The number of benzene rings is 2. The van der Waals surface area contributed by atoms with Crippen LogP contribution < -0.4 is 0 Å². The SMILES string of the molecule is O=C(O)[C@H](Cc1ccc(Cl)cc1)Sc1ccccc1. The largest absolute Gasteiger partial charge is 0.480 e. The first-order valence-corrected chi connectivity index (χ1v) is 7.10. The van der Waals surface area contributed by atoms with Crippen LogP contribution in [0.25, 0.3) is 0 Å². The molecule has 0 radical (unpaired) electrons. The fourth-order valence-electron chi connectivity index (χ4n) is 1.68. The highest BCUT2D eigenvalue weighted by Crippen LogP contribution is 2.26. The number of carbonyl (C=O) groups is 1. The van der Waals surface area contributed by atoms with E-state index in [-0.39, 0.29) is 0 Å². The highest BCUT2D eigenvalue weighted by atomic mass is 35.5. The van der Waals surface area contributed by atoms with Gasteiger partial charge in [-0.15, -0.1) is 11.8 Å². The van der Waals surface area contributed by atoms with Crippen molar-refractivity contribution >= 4 is 29.3 Å². The predicted molar refractivity (Wildman–Crippen MR) is 78.9 cm³/mol. The van der Waals surface area contributed by atoms with Crippen molar-refractivity contribution in [3.63, 3.8) is 0 Å². The second kappa shape index (κ2) is 6.64. The Labute approximate surface area is 121 Å². The van der Waals surface area contributed by atoms with Crippen molar-refractivity contribution < 1.29 is 9.90 Å². The van der Waals surface area contributed by atoms with Crippen molar-refractivity contribution in [1.82, 2.24) is 0 Å². The standard InChI is InChI=1S/C15H13ClO2S/c16-12-8-6-11(7-9-12)10-14(15(17)18)19-13-4-2-1-3-5-13/h1-9,14H,10H2,(H,17,18)/t14-/m0/s1. The number of halogens is 1. The lowest BCUT2D eigenvalue weighted by Crippen LogP contribution is -2.19. The van der Waals surface area contributed by atoms with Crippen LogP contribution in [0, 0.1) is 0 Å². The molecule has 0 aliphatic heterocycles. The lowest BCUT2D eigenvalue weighted by atomic mass is 10.1. The van der Waals surface area contributed by atoms with E-state index in [1.165, 1.54) is 11.8 Å². The Morgan fingerprint density at radius 3 is 2.32 bits per heavy atom. The van der Waals surface area contributed by atoms with E-state index in [0.29, 0.717) is 11.4 Å². The maximum absolute atomic E-state index is 11.3. The minimum atomic E-state index is -0.802. The Morgan fingerprint density at radius 2 is 1.74 bits per heavy atom. The van der Waals surface area contributed by atoms with Crippen LogP contribution in [-0.2, 0) is 11.2 Å². The number of aliphatic carboxylic acids is 1. The Balaban J connectivity index is 2.08. The van der Waals surface area contributed by atoms with Gasteiger partial charge in [0.1, 0.15) is 5.25 Å². The molecule has 0 unspecified atom stereocenters. The summed E-state index contributed by atoms with van der Waals surface area (Å²) in [4.78, 5) is 12.3. The molecule has 2 aromatic rings. The average molecular weight is 293 g/mol. The number of carboxylic acids is 1. The molecule has 0 aliphatic carbocycles. The van der Waals surface area contributed by atoms with Crippen LogP contribution >= 0.6 is 23.4 Å². The maximum atomic E-state index is 11.3. The summed E-state index contributed by atoms with van der Waals surface area (Å²) >= 11 is 7.18. The molecule has 0 saturated heterocycles. The van der Waals surface area contributed by atoms with Crippen molar-refractivity contribution in [2.24, 2.45) is 0 Å². The van der Waals surface area contributed by atoms with E-state index in [4.69, 9.17) is 11.6 Å². The van der Waals surface area contributed by atoms with E-state index >= 15 is 0 Å². The molecule has 2 rings (SSSR count). The second-order valence-corrected chi connectivity index (χ2v) is 5.80. The topological polar surface area (TPSA) is 37.3 Å². The molecule has 0 spiro atoms. The second-order valence-electron chi connectivity index (χ2n) is 4.09. The van der Waals surface area contributed by atoms with Crippen LogP contribution in [0.15, 0.2) is 59.5 Å². The Kier molecular flexibility index (Phi) is 4.88. The highest BCUT2D eigenvalue weighted by molar-refractivity contribution is 8.00. The van der Waals surface area contributed by atoms with Gasteiger partial charge in [0.25, 0.3) is 0 Å². The molecule has 0 fully saturated rings. The van der Waals surface area contributed by atoms with E-state index in [1.54, 1.807) is 12.1 Å². The van der Waals surface area contributed by atoms with Gasteiger partial charge in [0, 0.05) is 9.92 Å². The molecule has 0 bridgehead atoms. The fraction of sp³-hybridized carbons (Fsp3) is 0.133. The molecule has 19 heavy (non-hydrogen) atoms. The molecule has 0 heterocycles. The monoisotopic (exact) mass is 292 g/mol. The average Bonchev–Trinajstić information content (AvgIpc) is 2.41. The summed E-state index contributed by atoms with van der Waals surface area (Å²) in [6.07, 6.45) is 0.478. The maximum Gasteiger partial charge on any atom is 0.317 e. The van der Waals surface area contributed by atoms with Gasteiger partial charge in [-0.25, -0.2) is 0 Å². The van der Waals surface area contributed by atoms with E-state index in [9.17, 15) is 9.90 Å². The van der Waals surface area contributed by atoms with Crippen molar-refractivity contribution in [2.75, 3.05) is 0 Å². The lowest BCUT2D eigenvalue weighted by molar-refractivity contribution is -0.136. The zero-order valence-electron chi connectivity index (χ0n) is 10.1.